The maximum Gasteiger partial charge on any atom is 0.123 e. The highest BCUT2D eigenvalue weighted by Gasteiger charge is 2.36. The molecule has 0 amide bonds. The number of hydrogen-bond acceptors (Lipinski definition) is 1. The molecule has 2 atom stereocenters. The Morgan fingerprint density at radius 2 is 2.24 bits per heavy atom. The highest BCUT2D eigenvalue weighted by atomic mass is 79.9. The Bertz CT molecular complexity index is 407. The maximum absolute atomic E-state index is 13.2. The van der Waals surface area contributed by atoms with Crippen LogP contribution in [0.15, 0.2) is 22.7 Å². The lowest BCUT2D eigenvalue weighted by Gasteiger charge is -2.38. The highest BCUT2D eigenvalue weighted by molar-refractivity contribution is 9.10. The summed E-state index contributed by atoms with van der Waals surface area (Å²) in [6.45, 7) is 2.09. The van der Waals surface area contributed by atoms with Gasteiger partial charge in [0, 0.05) is 10.9 Å². The normalized spacial score (nSPS) is 29.3. The molecule has 17 heavy (non-hydrogen) atoms. The van der Waals surface area contributed by atoms with Crippen LogP contribution in [0.4, 0.5) is 4.39 Å². The number of benzene rings is 1. The average Bonchev–Trinajstić information content (AvgIpc) is 2.28. The van der Waals surface area contributed by atoms with E-state index in [1.807, 2.05) is 0 Å². The minimum atomic E-state index is -0.672. The van der Waals surface area contributed by atoms with Crippen molar-refractivity contribution in [3.8, 4) is 0 Å². The van der Waals surface area contributed by atoms with Crippen LogP contribution in [0.3, 0.4) is 0 Å². The average molecular weight is 301 g/mol. The lowest BCUT2D eigenvalue weighted by Crippen LogP contribution is -2.41. The van der Waals surface area contributed by atoms with Gasteiger partial charge in [0.25, 0.3) is 0 Å². The fourth-order valence-electron chi connectivity index (χ4n) is 2.67. The van der Waals surface area contributed by atoms with E-state index in [0.717, 1.165) is 29.3 Å². The van der Waals surface area contributed by atoms with Crippen molar-refractivity contribution < 1.29 is 9.50 Å². The van der Waals surface area contributed by atoms with Gasteiger partial charge < -0.3 is 5.11 Å². The Hall–Kier alpha value is -0.410. The van der Waals surface area contributed by atoms with Crippen molar-refractivity contribution in [1.29, 1.82) is 0 Å². The molecule has 0 bridgehead atoms. The molecule has 94 valence electrons. The first kappa shape index (κ1) is 13.0. The SMILES string of the molecule is CC1CCCCC1(O)Cc1cc(F)ccc1Br. The number of aliphatic hydroxyl groups is 1. The molecule has 3 heteroatoms. The maximum atomic E-state index is 13.2. The monoisotopic (exact) mass is 300 g/mol. The Labute approximate surface area is 110 Å². The van der Waals surface area contributed by atoms with E-state index in [-0.39, 0.29) is 11.7 Å². The summed E-state index contributed by atoms with van der Waals surface area (Å²) in [5.74, 6) is 0.0432. The van der Waals surface area contributed by atoms with Crippen LogP contribution in [0.1, 0.15) is 38.2 Å². The molecule has 0 spiro atoms. The van der Waals surface area contributed by atoms with E-state index >= 15 is 0 Å². The molecule has 1 aromatic rings. The minimum Gasteiger partial charge on any atom is -0.389 e. The number of halogens is 2. The molecule has 1 aliphatic rings. The van der Waals surface area contributed by atoms with Crippen LogP contribution < -0.4 is 0 Å². The van der Waals surface area contributed by atoms with Gasteiger partial charge in [-0.05, 0) is 42.5 Å². The molecule has 1 nitrogen and oxygen atoms in total. The molecule has 1 aromatic carbocycles. The van der Waals surface area contributed by atoms with Gasteiger partial charge in [0.2, 0.25) is 0 Å². The smallest absolute Gasteiger partial charge is 0.123 e. The minimum absolute atomic E-state index is 0.240. The molecule has 1 fully saturated rings. The van der Waals surface area contributed by atoms with E-state index in [9.17, 15) is 9.50 Å². The van der Waals surface area contributed by atoms with Gasteiger partial charge in [0.15, 0.2) is 0 Å². The summed E-state index contributed by atoms with van der Waals surface area (Å²) in [6, 6.07) is 4.66. The standard InChI is InChI=1S/C14H18BrFO/c1-10-4-2-3-7-14(10,17)9-11-8-12(16)5-6-13(11)15/h5-6,8,10,17H,2-4,7,9H2,1H3. The first-order chi connectivity index (χ1) is 8.01. The van der Waals surface area contributed by atoms with Crippen molar-refractivity contribution in [3.63, 3.8) is 0 Å². The van der Waals surface area contributed by atoms with Gasteiger partial charge >= 0.3 is 0 Å². The van der Waals surface area contributed by atoms with Crippen molar-refractivity contribution >= 4 is 15.9 Å². The van der Waals surface area contributed by atoms with E-state index in [4.69, 9.17) is 0 Å². The van der Waals surface area contributed by atoms with E-state index in [1.165, 1.54) is 18.6 Å². The third-order valence-electron chi connectivity index (χ3n) is 3.92. The molecule has 0 aliphatic heterocycles. The molecular formula is C14H18BrFO. The van der Waals surface area contributed by atoms with Crippen LogP contribution in [-0.4, -0.2) is 10.7 Å². The number of rotatable bonds is 2. The largest absolute Gasteiger partial charge is 0.389 e. The lowest BCUT2D eigenvalue weighted by atomic mass is 9.73. The van der Waals surface area contributed by atoms with Crippen LogP contribution in [0, 0.1) is 11.7 Å². The van der Waals surface area contributed by atoms with E-state index in [0.29, 0.717) is 6.42 Å². The van der Waals surface area contributed by atoms with Gasteiger partial charge in [0.1, 0.15) is 5.82 Å². The van der Waals surface area contributed by atoms with Crippen molar-refractivity contribution in [3.05, 3.63) is 34.1 Å². The second kappa shape index (κ2) is 5.07. The molecule has 2 unspecified atom stereocenters. The first-order valence-corrected chi connectivity index (χ1v) is 6.97. The molecular weight excluding hydrogens is 283 g/mol. The fraction of sp³-hybridized carbons (Fsp3) is 0.571. The van der Waals surface area contributed by atoms with Gasteiger partial charge in [-0.3, -0.25) is 0 Å². The quantitative estimate of drug-likeness (QED) is 0.873. The zero-order valence-electron chi connectivity index (χ0n) is 10.0. The Morgan fingerprint density at radius 1 is 1.47 bits per heavy atom. The molecule has 0 aromatic heterocycles. The molecule has 1 N–H and O–H groups in total. The second-order valence-electron chi connectivity index (χ2n) is 5.16. The molecule has 1 saturated carbocycles. The third-order valence-corrected chi connectivity index (χ3v) is 4.69. The van der Waals surface area contributed by atoms with E-state index in [2.05, 4.69) is 22.9 Å². The van der Waals surface area contributed by atoms with Crippen molar-refractivity contribution in [2.24, 2.45) is 5.92 Å². The van der Waals surface area contributed by atoms with E-state index < -0.39 is 5.60 Å². The lowest BCUT2D eigenvalue weighted by molar-refractivity contribution is -0.0406. The van der Waals surface area contributed by atoms with Crippen molar-refractivity contribution in [2.75, 3.05) is 0 Å². The fourth-order valence-corrected chi connectivity index (χ4v) is 3.05. The Kier molecular flexibility index (Phi) is 3.88. The summed E-state index contributed by atoms with van der Waals surface area (Å²) in [6.07, 6.45) is 4.66. The van der Waals surface area contributed by atoms with Crippen molar-refractivity contribution in [1.82, 2.24) is 0 Å². The summed E-state index contributed by atoms with van der Waals surface area (Å²) < 4.78 is 14.1. The van der Waals surface area contributed by atoms with Crippen molar-refractivity contribution in [2.45, 2.75) is 44.6 Å². The van der Waals surface area contributed by atoms with Gasteiger partial charge in [-0.1, -0.05) is 35.7 Å². The second-order valence-corrected chi connectivity index (χ2v) is 6.02. The van der Waals surface area contributed by atoms with Gasteiger partial charge in [-0.2, -0.15) is 0 Å². The third kappa shape index (κ3) is 2.89. The highest BCUT2D eigenvalue weighted by Crippen LogP contribution is 2.37. The summed E-state index contributed by atoms with van der Waals surface area (Å²) in [7, 11) is 0. The molecule has 2 rings (SSSR count). The van der Waals surface area contributed by atoms with Crippen LogP contribution in [0.5, 0.6) is 0 Å². The van der Waals surface area contributed by atoms with Crippen LogP contribution in [0.25, 0.3) is 0 Å². The summed E-state index contributed by atoms with van der Waals surface area (Å²) in [5, 5.41) is 10.7. The molecule has 0 radical (unpaired) electrons. The van der Waals surface area contributed by atoms with Gasteiger partial charge in [0.05, 0.1) is 5.60 Å². The van der Waals surface area contributed by atoms with Crippen LogP contribution >= 0.6 is 15.9 Å². The summed E-state index contributed by atoms with van der Waals surface area (Å²) in [4.78, 5) is 0. The Balaban J connectivity index is 2.21. The zero-order chi connectivity index (χ0) is 12.5. The van der Waals surface area contributed by atoms with Gasteiger partial charge in [-0.15, -0.1) is 0 Å². The van der Waals surface area contributed by atoms with Crippen LogP contribution in [0.2, 0.25) is 0 Å². The predicted octanol–water partition coefficient (Wildman–Crippen LogP) is 4.07. The summed E-state index contributed by atoms with van der Waals surface area (Å²) in [5.41, 5.74) is 0.190. The molecule has 0 saturated heterocycles. The summed E-state index contributed by atoms with van der Waals surface area (Å²) >= 11 is 3.42. The molecule has 0 heterocycles. The van der Waals surface area contributed by atoms with E-state index in [1.54, 1.807) is 6.07 Å². The van der Waals surface area contributed by atoms with Gasteiger partial charge in [-0.25, -0.2) is 4.39 Å². The number of hydrogen-bond donors (Lipinski definition) is 1. The first-order valence-electron chi connectivity index (χ1n) is 6.17. The topological polar surface area (TPSA) is 20.2 Å². The zero-order valence-corrected chi connectivity index (χ0v) is 11.6. The molecule has 1 aliphatic carbocycles. The van der Waals surface area contributed by atoms with Crippen LogP contribution in [-0.2, 0) is 6.42 Å². The predicted molar refractivity (Wildman–Crippen MR) is 70.4 cm³/mol. The Morgan fingerprint density at radius 3 is 2.94 bits per heavy atom.